The third-order valence-corrected chi connectivity index (χ3v) is 5.26. The van der Waals surface area contributed by atoms with Crippen molar-refractivity contribution in [1.29, 1.82) is 0 Å². The molecule has 0 fully saturated rings. The van der Waals surface area contributed by atoms with Gasteiger partial charge in [-0.1, -0.05) is 38.1 Å². The van der Waals surface area contributed by atoms with Crippen LogP contribution in [-0.4, -0.2) is 0 Å². The quantitative estimate of drug-likeness (QED) is 0.612. The van der Waals surface area contributed by atoms with Gasteiger partial charge in [-0.3, -0.25) is 0 Å². The van der Waals surface area contributed by atoms with Crippen molar-refractivity contribution in [3.8, 4) is 10.4 Å². The van der Waals surface area contributed by atoms with E-state index in [1.807, 2.05) is 25.2 Å². The molecule has 0 saturated heterocycles. The number of aryl methyl sites for hydroxylation is 2. The van der Waals surface area contributed by atoms with Crippen LogP contribution in [0.5, 0.6) is 0 Å². The molecule has 0 radical (unpaired) electrons. The summed E-state index contributed by atoms with van der Waals surface area (Å²) in [5.41, 5.74) is 7.62. The highest BCUT2D eigenvalue weighted by atomic mass is 32.1. The summed E-state index contributed by atoms with van der Waals surface area (Å²) in [4.78, 5) is 1.53. The molecule has 0 spiro atoms. The summed E-state index contributed by atoms with van der Waals surface area (Å²) in [7, 11) is 0. The van der Waals surface area contributed by atoms with Gasteiger partial charge >= 0.3 is 0 Å². The third-order valence-electron chi connectivity index (χ3n) is 4.14. The minimum Gasteiger partial charge on any atom is -0.143 e. The summed E-state index contributed by atoms with van der Waals surface area (Å²) < 4.78 is 0. The smallest absolute Gasteiger partial charge is 0.0377 e. The van der Waals surface area contributed by atoms with E-state index in [9.17, 15) is 0 Å². The first kappa shape index (κ1) is 13.6. The molecule has 0 amide bonds. The van der Waals surface area contributed by atoms with Crippen molar-refractivity contribution >= 4 is 17.4 Å². The van der Waals surface area contributed by atoms with Crippen molar-refractivity contribution in [1.82, 2.24) is 0 Å². The number of hydrogen-bond donors (Lipinski definition) is 0. The first-order valence-electron chi connectivity index (χ1n) is 7.81. The maximum absolute atomic E-state index is 2.42. The molecule has 4 rings (SSSR count). The molecule has 2 aliphatic carbocycles. The number of hydrogen-bond acceptors (Lipinski definition) is 1. The molecule has 1 aromatic carbocycles. The second-order valence-electron chi connectivity index (χ2n) is 5.28. The molecule has 0 unspecified atom stereocenters. The number of benzene rings is 1. The van der Waals surface area contributed by atoms with Gasteiger partial charge in [0.2, 0.25) is 0 Å². The predicted molar refractivity (Wildman–Crippen MR) is 90.5 cm³/mol. The normalized spacial score (nSPS) is 15.3. The number of thiophene rings is 1. The topological polar surface area (TPSA) is 0 Å². The average molecular weight is 282 g/mol. The Morgan fingerprint density at radius 3 is 2.80 bits per heavy atom. The fourth-order valence-electron chi connectivity index (χ4n) is 3.18. The Balaban J connectivity index is 0.000000581. The Morgan fingerprint density at radius 2 is 1.90 bits per heavy atom. The Labute approximate surface area is 126 Å². The molecule has 1 heteroatoms. The highest BCUT2D eigenvalue weighted by Gasteiger charge is 2.18. The molecule has 0 saturated carbocycles. The second kappa shape index (κ2) is 5.97. The van der Waals surface area contributed by atoms with Crippen LogP contribution in [0.2, 0.25) is 0 Å². The van der Waals surface area contributed by atoms with E-state index in [1.54, 1.807) is 11.1 Å². The van der Waals surface area contributed by atoms with Crippen LogP contribution in [0.1, 0.15) is 48.9 Å². The Hall–Kier alpha value is -1.34. The molecule has 2 aromatic rings. The second-order valence-corrected chi connectivity index (χ2v) is 6.16. The van der Waals surface area contributed by atoms with Crippen LogP contribution < -0.4 is 0 Å². The van der Waals surface area contributed by atoms with E-state index in [0.717, 1.165) is 0 Å². The molecular weight excluding hydrogens is 260 g/mol. The lowest BCUT2D eigenvalue weighted by Gasteiger charge is -2.12. The summed E-state index contributed by atoms with van der Waals surface area (Å²) in [6.45, 7) is 4.00. The van der Waals surface area contributed by atoms with Gasteiger partial charge in [-0.05, 0) is 71.4 Å². The fraction of sp³-hybridized carbons (Fsp3) is 0.368. The third kappa shape index (κ3) is 2.35. The van der Waals surface area contributed by atoms with E-state index in [4.69, 9.17) is 0 Å². The van der Waals surface area contributed by atoms with Gasteiger partial charge in [-0.25, -0.2) is 0 Å². The summed E-state index contributed by atoms with van der Waals surface area (Å²) >= 11 is 1.94. The largest absolute Gasteiger partial charge is 0.143 e. The van der Waals surface area contributed by atoms with Crippen LogP contribution in [-0.2, 0) is 19.3 Å². The van der Waals surface area contributed by atoms with Crippen LogP contribution >= 0.6 is 11.3 Å². The van der Waals surface area contributed by atoms with E-state index in [0.29, 0.717) is 0 Å². The van der Waals surface area contributed by atoms with Gasteiger partial charge in [0.15, 0.2) is 0 Å². The zero-order chi connectivity index (χ0) is 13.9. The summed E-state index contributed by atoms with van der Waals surface area (Å²) in [6, 6.07) is 7.02. The molecule has 0 aliphatic heterocycles. The average Bonchev–Trinajstić information content (AvgIpc) is 3.12. The molecule has 0 N–H and O–H groups in total. The lowest BCUT2D eigenvalue weighted by molar-refractivity contribution is 0.912. The van der Waals surface area contributed by atoms with Crippen LogP contribution in [0, 0.1) is 0 Å². The SMILES string of the molecule is C1=Cc2ccc(-c3scc4c3CCC4)cc2CC1.CC. The van der Waals surface area contributed by atoms with Crippen LogP contribution in [0.15, 0.2) is 29.7 Å². The van der Waals surface area contributed by atoms with Crippen molar-refractivity contribution in [2.24, 2.45) is 0 Å². The Bertz CT molecular complexity index is 631. The fourth-order valence-corrected chi connectivity index (χ4v) is 4.33. The first-order chi connectivity index (χ1) is 9.92. The minimum atomic E-state index is 1.19. The van der Waals surface area contributed by atoms with Gasteiger partial charge in [-0.15, -0.1) is 11.3 Å². The van der Waals surface area contributed by atoms with E-state index in [-0.39, 0.29) is 0 Å². The number of allylic oxidation sites excluding steroid dienone is 1. The van der Waals surface area contributed by atoms with Crippen LogP contribution in [0.3, 0.4) is 0 Å². The molecule has 2 aliphatic rings. The van der Waals surface area contributed by atoms with Crippen molar-refractivity contribution in [2.45, 2.75) is 46.0 Å². The maximum atomic E-state index is 2.42. The van der Waals surface area contributed by atoms with Crippen molar-refractivity contribution < 1.29 is 0 Å². The predicted octanol–water partition coefficient (Wildman–Crippen LogP) is 5.89. The minimum absolute atomic E-state index is 1.19. The van der Waals surface area contributed by atoms with Gasteiger partial charge in [-0.2, -0.15) is 0 Å². The maximum Gasteiger partial charge on any atom is 0.0377 e. The van der Waals surface area contributed by atoms with E-state index in [1.165, 1.54) is 53.7 Å². The molecule has 0 atom stereocenters. The highest BCUT2D eigenvalue weighted by molar-refractivity contribution is 7.14. The van der Waals surface area contributed by atoms with Gasteiger partial charge in [0, 0.05) is 4.88 Å². The van der Waals surface area contributed by atoms with E-state index >= 15 is 0 Å². The summed E-state index contributed by atoms with van der Waals surface area (Å²) in [5, 5.41) is 2.37. The van der Waals surface area contributed by atoms with Crippen molar-refractivity contribution in [2.75, 3.05) is 0 Å². The Kier molecular flexibility index (Phi) is 4.07. The molecule has 0 nitrogen and oxygen atoms in total. The zero-order valence-electron chi connectivity index (χ0n) is 12.4. The van der Waals surface area contributed by atoms with Gasteiger partial charge in [0.1, 0.15) is 0 Å². The van der Waals surface area contributed by atoms with Gasteiger partial charge < -0.3 is 0 Å². The molecule has 1 heterocycles. The zero-order valence-corrected chi connectivity index (χ0v) is 13.2. The number of rotatable bonds is 1. The Morgan fingerprint density at radius 1 is 1.00 bits per heavy atom. The highest BCUT2D eigenvalue weighted by Crippen LogP contribution is 2.39. The molecule has 1 aromatic heterocycles. The van der Waals surface area contributed by atoms with Crippen molar-refractivity contribution in [3.63, 3.8) is 0 Å². The molecular formula is C19H22S. The summed E-state index contributed by atoms with van der Waals surface area (Å²) in [6.07, 6.45) is 10.9. The number of fused-ring (bicyclic) bond motifs is 2. The lowest BCUT2D eigenvalue weighted by Crippen LogP contribution is -1.94. The monoisotopic (exact) mass is 282 g/mol. The molecule has 0 bridgehead atoms. The molecule has 104 valence electrons. The van der Waals surface area contributed by atoms with E-state index < -0.39 is 0 Å². The molecule has 20 heavy (non-hydrogen) atoms. The van der Waals surface area contributed by atoms with Crippen LogP contribution in [0.25, 0.3) is 16.5 Å². The first-order valence-corrected chi connectivity index (χ1v) is 8.69. The van der Waals surface area contributed by atoms with Gasteiger partial charge in [0.25, 0.3) is 0 Å². The lowest BCUT2D eigenvalue weighted by atomic mass is 9.94. The van der Waals surface area contributed by atoms with Crippen molar-refractivity contribution in [3.05, 3.63) is 51.9 Å². The van der Waals surface area contributed by atoms with E-state index in [2.05, 4.69) is 35.7 Å². The van der Waals surface area contributed by atoms with Gasteiger partial charge in [0.05, 0.1) is 0 Å². The standard InChI is InChI=1S/C17H16S.C2H6/c1-2-5-13-10-14(9-8-12(13)4-1)17-16-7-3-6-15(16)11-18-17;1-2/h1,4,8-11H,2-3,5-7H2;1-2H3. The van der Waals surface area contributed by atoms with Crippen LogP contribution in [0.4, 0.5) is 0 Å². The summed E-state index contributed by atoms with van der Waals surface area (Å²) in [5.74, 6) is 0.